The molecule has 0 bridgehead atoms. The standard InChI is InChI=1S/C15H18N2S/c1-2-3-9-14-16-11-10-15(17-14)18-12-13-7-5-4-6-8-13/h4-8,10-11H,2-3,9,12H2,1H3. The van der Waals surface area contributed by atoms with E-state index >= 15 is 0 Å². The van der Waals surface area contributed by atoms with E-state index in [2.05, 4.69) is 41.2 Å². The van der Waals surface area contributed by atoms with Crippen molar-refractivity contribution in [2.75, 3.05) is 0 Å². The van der Waals surface area contributed by atoms with Crippen molar-refractivity contribution < 1.29 is 0 Å². The Morgan fingerprint density at radius 1 is 1.11 bits per heavy atom. The van der Waals surface area contributed by atoms with E-state index in [4.69, 9.17) is 0 Å². The molecule has 0 radical (unpaired) electrons. The number of unbranched alkanes of at least 4 members (excludes halogenated alkanes) is 1. The van der Waals surface area contributed by atoms with Crippen molar-refractivity contribution >= 4 is 11.8 Å². The van der Waals surface area contributed by atoms with Crippen LogP contribution >= 0.6 is 11.8 Å². The molecule has 0 saturated heterocycles. The number of benzene rings is 1. The van der Waals surface area contributed by atoms with Crippen LogP contribution in [0.2, 0.25) is 0 Å². The molecule has 2 rings (SSSR count). The molecule has 0 aliphatic heterocycles. The van der Waals surface area contributed by atoms with E-state index in [1.807, 2.05) is 18.3 Å². The third-order valence-electron chi connectivity index (χ3n) is 2.66. The summed E-state index contributed by atoms with van der Waals surface area (Å²) >= 11 is 1.77. The Morgan fingerprint density at radius 3 is 2.72 bits per heavy atom. The highest BCUT2D eigenvalue weighted by molar-refractivity contribution is 7.98. The molecule has 1 aromatic heterocycles. The molecule has 0 amide bonds. The summed E-state index contributed by atoms with van der Waals surface area (Å²) in [4.78, 5) is 8.88. The zero-order valence-corrected chi connectivity index (χ0v) is 11.5. The van der Waals surface area contributed by atoms with Gasteiger partial charge in [0, 0.05) is 18.4 Å². The van der Waals surface area contributed by atoms with Gasteiger partial charge in [0.05, 0.1) is 0 Å². The first kappa shape index (κ1) is 13.1. The van der Waals surface area contributed by atoms with Crippen LogP contribution in [-0.4, -0.2) is 9.97 Å². The van der Waals surface area contributed by atoms with Gasteiger partial charge in [0.2, 0.25) is 0 Å². The fourth-order valence-electron chi connectivity index (χ4n) is 1.65. The molecule has 0 atom stereocenters. The zero-order chi connectivity index (χ0) is 12.6. The second kappa shape index (κ2) is 7.17. The summed E-state index contributed by atoms with van der Waals surface area (Å²) in [6.45, 7) is 2.19. The van der Waals surface area contributed by atoms with E-state index < -0.39 is 0 Å². The van der Waals surface area contributed by atoms with E-state index in [1.54, 1.807) is 11.8 Å². The Balaban J connectivity index is 1.93. The minimum atomic E-state index is 0.963. The lowest BCUT2D eigenvalue weighted by atomic mass is 10.2. The molecule has 0 aliphatic carbocycles. The van der Waals surface area contributed by atoms with Crippen molar-refractivity contribution in [2.45, 2.75) is 37.0 Å². The molecule has 0 fully saturated rings. The Kier molecular flexibility index (Phi) is 5.21. The lowest BCUT2D eigenvalue weighted by molar-refractivity contribution is 0.740. The molecule has 3 heteroatoms. The Labute approximate surface area is 113 Å². The number of hydrogen-bond acceptors (Lipinski definition) is 3. The minimum Gasteiger partial charge on any atom is -0.241 e. The van der Waals surface area contributed by atoms with E-state index in [0.717, 1.165) is 29.4 Å². The summed E-state index contributed by atoms with van der Waals surface area (Å²) in [6, 6.07) is 12.5. The molecule has 2 nitrogen and oxygen atoms in total. The first-order chi connectivity index (χ1) is 8.88. The smallest absolute Gasteiger partial charge is 0.129 e. The van der Waals surface area contributed by atoms with Crippen molar-refractivity contribution in [3.05, 3.63) is 54.0 Å². The van der Waals surface area contributed by atoms with Crippen molar-refractivity contribution in [3.8, 4) is 0 Å². The topological polar surface area (TPSA) is 25.8 Å². The Hall–Kier alpha value is -1.35. The highest BCUT2D eigenvalue weighted by Gasteiger charge is 2.00. The van der Waals surface area contributed by atoms with Gasteiger partial charge in [-0.05, 0) is 18.1 Å². The molecule has 2 aromatic rings. The van der Waals surface area contributed by atoms with Gasteiger partial charge in [-0.25, -0.2) is 9.97 Å². The number of aryl methyl sites for hydroxylation is 1. The maximum absolute atomic E-state index is 4.58. The summed E-state index contributed by atoms with van der Waals surface area (Å²) in [7, 11) is 0. The predicted octanol–water partition coefficient (Wildman–Crippen LogP) is 4.11. The van der Waals surface area contributed by atoms with Gasteiger partial charge in [-0.2, -0.15) is 0 Å². The number of aromatic nitrogens is 2. The number of rotatable bonds is 6. The van der Waals surface area contributed by atoms with Crippen LogP contribution in [0.3, 0.4) is 0 Å². The third kappa shape index (κ3) is 4.15. The van der Waals surface area contributed by atoms with Crippen LogP contribution in [-0.2, 0) is 12.2 Å². The average Bonchev–Trinajstić information content (AvgIpc) is 2.44. The third-order valence-corrected chi connectivity index (χ3v) is 3.66. The van der Waals surface area contributed by atoms with Crippen molar-refractivity contribution in [3.63, 3.8) is 0 Å². The van der Waals surface area contributed by atoms with Crippen LogP contribution in [0.1, 0.15) is 31.2 Å². The molecule has 0 saturated carbocycles. The molecular weight excluding hydrogens is 240 g/mol. The van der Waals surface area contributed by atoms with Crippen molar-refractivity contribution in [2.24, 2.45) is 0 Å². The molecule has 1 heterocycles. The van der Waals surface area contributed by atoms with Gasteiger partial charge in [-0.15, -0.1) is 11.8 Å². The lowest BCUT2D eigenvalue weighted by Crippen LogP contribution is -1.95. The largest absolute Gasteiger partial charge is 0.241 e. The van der Waals surface area contributed by atoms with Crippen LogP contribution < -0.4 is 0 Å². The van der Waals surface area contributed by atoms with E-state index in [0.29, 0.717) is 0 Å². The minimum absolute atomic E-state index is 0.963. The van der Waals surface area contributed by atoms with Gasteiger partial charge in [-0.1, -0.05) is 43.7 Å². The van der Waals surface area contributed by atoms with Crippen LogP contribution in [0.5, 0.6) is 0 Å². The fraction of sp³-hybridized carbons (Fsp3) is 0.333. The maximum Gasteiger partial charge on any atom is 0.129 e. The van der Waals surface area contributed by atoms with Crippen LogP contribution in [0.4, 0.5) is 0 Å². The van der Waals surface area contributed by atoms with Crippen LogP contribution in [0, 0.1) is 0 Å². The number of thioether (sulfide) groups is 1. The molecule has 18 heavy (non-hydrogen) atoms. The fourth-order valence-corrected chi connectivity index (χ4v) is 2.48. The van der Waals surface area contributed by atoms with Gasteiger partial charge < -0.3 is 0 Å². The normalized spacial score (nSPS) is 10.5. The molecule has 0 unspecified atom stereocenters. The second-order valence-corrected chi connectivity index (χ2v) is 5.18. The van der Waals surface area contributed by atoms with Crippen molar-refractivity contribution in [1.29, 1.82) is 0 Å². The van der Waals surface area contributed by atoms with E-state index in [-0.39, 0.29) is 0 Å². The van der Waals surface area contributed by atoms with Crippen LogP contribution in [0.15, 0.2) is 47.6 Å². The Bertz CT molecular complexity index is 471. The number of nitrogens with zero attached hydrogens (tertiary/aromatic N) is 2. The summed E-state index contributed by atoms with van der Waals surface area (Å²) in [5.41, 5.74) is 1.33. The predicted molar refractivity (Wildman–Crippen MR) is 76.6 cm³/mol. The van der Waals surface area contributed by atoms with Crippen LogP contribution in [0.25, 0.3) is 0 Å². The summed E-state index contributed by atoms with van der Waals surface area (Å²) in [5, 5.41) is 1.07. The monoisotopic (exact) mass is 258 g/mol. The Morgan fingerprint density at radius 2 is 1.94 bits per heavy atom. The SMILES string of the molecule is CCCCc1nccc(SCc2ccccc2)n1. The maximum atomic E-state index is 4.58. The van der Waals surface area contributed by atoms with Gasteiger partial charge in [0.1, 0.15) is 10.9 Å². The first-order valence-corrected chi connectivity index (χ1v) is 7.35. The zero-order valence-electron chi connectivity index (χ0n) is 10.7. The summed E-state index contributed by atoms with van der Waals surface area (Å²) in [5.74, 6) is 1.93. The van der Waals surface area contributed by atoms with Gasteiger partial charge >= 0.3 is 0 Å². The summed E-state index contributed by atoms with van der Waals surface area (Å²) in [6.07, 6.45) is 5.19. The quantitative estimate of drug-likeness (QED) is 0.576. The van der Waals surface area contributed by atoms with Gasteiger partial charge in [0.15, 0.2) is 0 Å². The van der Waals surface area contributed by atoms with Gasteiger partial charge in [0.25, 0.3) is 0 Å². The lowest BCUT2D eigenvalue weighted by Gasteiger charge is -2.03. The average molecular weight is 258 g/mol. The molecule has 1 aromatic carbocycles. The second-order valence-electron chi connectivity index (χ2n) is 4.19. The van der Waals surface area contributed by atoms with E-state index in [1.165, 1.54) is 12.0 Å². The molecule has 0 spiro atoms. The number of hydrogen-bond donors (Lipinski definition) is 0. The molecule has 0 N–H and O–H groups in total. The van der Waals surface area contributed by atoms with Gasteiger partial charge in [-0.3, -0.25) is 0 Å². The molecule has 0 aliphatic rings. The molecule has 94 valence electrons. The first-order valence-electron chi connectivity index (χ1n) is 6.37. The highest BCUT2D eigenvalue weighted by atomic mass is 32.2. The summed E-state index contributed by atoms with van der Waals surface area (Å²) < 4.78 is 0. The van der Waals surface area contributed by atoms with E-state index in [9.17, 15) is 0 Å². The molecular formula is C15H18N2S. The highest BCUT2D eigenvalue weighted by Crippen LogP contribution is 2.20. The van der Waals surface area contributed by atoms with Crippen molar-refractivity contribution in [1.82, 2.24) is 9.97 Å².